The third kappa shape index (κ3) is 2.92. The number of amides is 1. The Balaban J connectivity index is 1.67. The molecule has 4 atom stereocenters. The predicted octanol–water partition coefficient (Wildman–Crippen LogP) is 2.33. The molecule has 2 aliphatic heterocycles. The van der Waals surface area contributed by atoms with E-state index in [1.165, 1.54) is 7.11 Å². The Hall–Kier alpha value is -2.66. The van der Waals surface area contributed by atoms with E-state index in [9.17, 15) is 9.59 Å². The average molecular weight is 364 g/mol. The second kappa shape index (κ2) is 6.82. The second-order valence-corrected chi connectivity index (χ2v) is 7.56. The lowest BCUT2D eigenvalue weighted by molar-refractivity contribution is -0.143. The van der Waals surface area contributed by atoms with Crippen molar-refractivity contribution >= 4 is 11.9 Å². The Morgan fingerprint density at radius 1 is 1.15 bits per heavy atom. The number of likely N-dealkylation sites (tertiary alicyclic amines) is 1. The molecule has 0 spiro atoms. The van der Waals surface area contributed by atoms with Gasteiger partial charge >= 0.3 is 5.97 Å². The topological polar surface area (TPSA) is 58.6 Å². The number of ether oxygens (including phenoxy) is 1. The summed E-state index contributed by atoms with van der Waals surface area (Å²) in [5, 5.41) is 3.33. The normalized spacial score (nSPS) is 29.6. The maximum absolute atomic E-state index is 13.3. The van der Waals surface area contributed by atoms with Crippen LogP contribution < -0.4 is 5.32 Å². The lowest BCUT2D eigenvalue weighted by atomic mass is 9.78. The number of carbonyl (C=O) groups is 2. The molecule has 1 N–H and O–H groups in total. The van der Waals surface area contributed by atoms with Crippen LogP contribution in [0.25, 0.3) is 0 Å². The molecule has 2 fully saturated rings. The number of benzene rings is 2. The van der Waals surface area contributed by atoms with Gasteiger partial charge in [-0.05, 0) is 18.1 Å². The van der Waals surface area contributed by atoms with Crippen molar-refractivity contribution < 1.29 is 14.3 Å². The van der Waals surface area contributed by atoms with E-state index in [0.29, 0.717) is 13.1 Å². The van der Waals surface area contributed by atoms with Crippen LogP contribution in [0.2, 0.25) is 0 Å². The van der Waals surface area contributed by atoms with Crippen LogP contribution >= 0.6 is 0 Å². The molecule has 0 bridgehead atoms. The Morgan fingerprint density at radius 3 is 2.41 bits per heavy atom. The first-order valence-electron chi connectivity index (χ1n) is 9.28. The van der Waals surface area contributed by atoms with Crippen LogP contribution in [0.3, 0.4) is 0 Å². The summed E-state index contributed by atoms with van der Waals surface area (Å²) < 4.78 is 5.03. The van der Waals surface area contributed by atoms with E-state index in [1.807, 2.05) is 72.5 Å². The predicted molar refractivity (Wildman–Crippen MR) is 102 cm³/mol. The van der Waals surface area contributed by atoms with Gasteiger partial charge in [0.2, 0.25) is 5.91 Å². The van der Waals surface area contributed by atoms with Crippen molar-refractivity contribution in [1.82, 2.24) is 10.2 Å². The van der Waals surface area contributed by atoms with Gasteiger partial charge in [-0.3, -0.25) is 14.9 Å². The van der Waals surface area contributed by atoms with Gasteiger partial charge in [0.1, 0.15) is 11.6 Å². The van der Waals surface area contributed by atoms with Crippen LogP contribution in [-0.2, 0) is 20.9 Å². The van der Waals surface area contributed by atoms with E-state index in [2.05, 4.69) is 5.32 Å². The molecule has 5 heteroatoms. The number of esters is 1. The fraction of sp³-hybridized carbons (Fsp3) is 0.364. The van der Waals surface area contributed by atoms with E-state index in [4.69, 9.17) is 4.74 Å². The standard InChI is InChI=1S/C22H24N2O3/c1-22-17(14-24(21(22)26)13-15-9-5-3-6-10-15)18(16-11-7-4-8-12-16)19(23-22)20(25)27-2/h3-12,17-19,23H,13-14H2,1-2H3/t17-,18-,19-,22+/m0/s1. The number of fused-ring (bicyclic) bond motifs is 1. The van der Waals surface area contributed by atoms with E-state index in [1.54, 1.807) is 0 Å². The minimum Gasteiger partial charge on any atom is -0.468 e. The zero-order valence-corrected chi connectivity index (χ0v) is 15.6. The summed E-state index contributed by atoms with van der Waals surface area (Å²) >= 11 is 0. The molecule has 4 rings (SSSR count). The molecule has 0 radical (unpaired) electrons. The minimum absolute atomic E-state index is 0.000197. The lowest BCUT2D eigenvalue weighted by Crippen LogP contribution is -2.52. The summed E-state index contributed by atoms with van der Waals surface area (Å²) in [4.78, 5) is 27.6. The lowest BCUT2D eigenvalue weighted by Gasteiger charge is -2.25. The van der Waals surface area contributed by atoms with Gasteiger partial charge in [0, 0.05) is 24.9 Å². The highest BCUT2D eigenvalue weighted by molar-refractivity contribution is 5.92. The summed E-state index contributed by atoms with van der Waals surface area (Å²) in [6.45, 7) is 3.12. The summed E-state index contributed by atoms with van der Waals surface area (Å²) in [6.07, 6.45) is 0. The first kappa shape index (κ1) is 17.7. The number of nitrogens with one attached hydrogen (secondary N) is 1. The van der Waals surface area contributed by atoms with Crippen LogP contribution in [-0.4, -0.2) is 42.0 Å². The van der Waals surface area contributed by atoms with Crippen LogP contribution in [0.1, 0.15) is 24.0 Å². The molecular weight excluding hydrogens is 340 g/mol. The van der Waals surface area contributed by atoms with Gasteiger partial charge in [-0.15, -0.1) is 0 Å². The molecule has 0 saturated carbocycles. The first-order chi connectivity index (χ1) is 13.0. The maximum Gasteiger partial charge on any atom is 0.323 e. The van der Waals surface area contributed by atoms with Crippen LogP contribution in [0.15, 0.2) is 60.7 Å². The molecule has 2 aromatic carbocycles. The van der Waals surface area contributed by atoms with Crippen molar-refractivity contribution in [2.24, 2.45) is 5.92 Å². The monoisotopic (exact) mass is 364 g/mol. The van der Waals surface area contributed by atoms with Crippen LogP contribution in [0.4, 0.5) is 0 Å². The second-order valence-electron chi connectivity index (χ2n) is 7.56. The number of carbonyl (C=O) groups excluding carboxylic acids is 2. The molecule has 2 heterocycles. The minimum atomic E-state index is -0.770. The number of hydrogen-bond acceptors (Lipinski definition) is 4. The molecule has 27 heavy (non-hydrogen) atoms. The Bertz CT molecular complexity index is 839. The maximum atomic E-state index is 13.3. The molecule has 0 aliphatic carbocycles. The van der Waals surface area contributed by atoms with Gasteiger partial charge in [0.25, 0.3) is 0 Å². The highest BCUT2D eigenvalue weighted by atomic mass is 16.5. The van der Waals surface area contributed by atoms with E-state index >= 15 is 0 Å². The zero-order valence-electron chi connectivity index (χ0n) is 15.6. The summed E-state index contributed by atoms with van der Waals surface area (Å²) in [5.74, 6) is -0.376. The summed E-state index contributed by atoms with van der Waals surface area (Å²) in [7, 11) is 1.39. The Labute approximate surface area is 159 Å². The molecule has 2 aliphatic rings. The van der Waals surface area contributed by atoms with Gasteiger partial charge in [0.05, 0.1) is 7.11 Å². The quantitative estimate of drug-likeness (QED) is 0.846. The number of nitrogens with zero attached hydrogens (tertiary/aromatic N) is 1. The third-order valence-corrected chi connectivity index (χ3v) is 5.99. The number of methoxy groups -OCH3 is 1. The molecule has 2 saturated heterocycles. The van der Waals surface area contributed by atoms with E-state index in [-0.39, 0.29) is 23.7 Å². The van der Waals surface area contributed by atoms with Crippen molar-refractivity contribution in [1.29, 1.82) is 0 Å². The fourth-order valence-corrected chi connectivity index (χ4v) is 4.65. The highest BCUT2D eigenvalue weighted by Crippen LogP contribution is 2.47. The Morgan fingerprint density at radius 2 is 1.78 bits per heavy atom. The van der Waals surface area contributed by atoms with Crippen molar-refractivity contribution in [3.63, 3.8) is 0 Å². The van der Waals surface area contributed by atoms with Gasteiger partial charge in [-0.1, -0.05) is 60.7 Å². The molecule has 140 valence electrons. The molecule has 1 amide bonds. The summed E-state index contributed by atoms with van der Waals surface area (Å²) in [6, 6.07) is 19.4. The molecule has 0 aromatic heterocycles. The van der Waals surface area contributed by atoms with Crippen LogP contribution in [0.5, 0.6) is 0 Å². The van der Waals surface area contributed by atoms with E-state index < -0.39 is 11.6 Å². The van der Waals surface area contributed by atoms with Gasteiger partial charge in [-0.25, -0.2) is 0 Å². The average Bonchev–Trinajstić information content (AvgIpc) is 3.12. The van der Waals surface area contributed by atoms with Crippen molar-refractivity contribution in [2.45, 2.75) is 31.0 Å². The van der Waals surface area contributed by atoms with Gasteiger partial charge < -0.3 is 9.64 Å². The molecule has 0 unspecified atom stereocenters. The number of rotatable bonds is 4. The zero-order chi connectivity index (χ0) is 19.0. The molecule has 5 nitrogen and oxygen atoms in total. The van der Waals surface area contributed by atoms with Gasteiger partial charge in [0.15, 0.2) is 0 Å². The number of hydrogen-bond donors (Lipinski definition) is 1. The first-order valence-corrected chi connectivity index (χ1v) is 9.28. The smallest absolute Gasteiger partial charge is 0.323 e. The van der Waals surface area contributed by atoms with Crippen molar-refractivity contribution in [3.05, 3.63) is 71.8 Å². The molecular formula is C22H24N2O3. The van der Waals surface area contributed by atoms with Crippen LogP contribution in [0, 0.1) is 5.92 Å². The summed E-state index contributed by atoms with van der Waals surface area (Å²) in [5.41, 5.74) is 1.40. The molecule has 2 aromatic rings. The Kier molecular flexibility index (Phi) is 4.48. The SMILES string of the molecule is COC(=O)[C@H]1N[C@@]2(C)C(=O)N(Cc3ccccc3)C[C@H]2[C@@H]1c1ccccc1. The van der Waals surface area contributed by atoms with Crippen molar-refractivity contribution in [3.8, 4) is 0 Å². The highest BCUT2D eigenvalue weighted by Gasteiger charge is 2.62. The van der Waals surface area contributed by atoms with Gasteiger partial charge in [-0.2, -0.15) is 0 Å². The fourth-order valence-electron chi connectivity index (χ4n) is 4.65. The van der Waals surface area contributed by atoms with E-state index in [0.717, 1.165) is 11.1 Å². The third-order valence-electron chi connectivity index (χ3n) is 5.99. The van der Waals surface area contributed by atoms with Crippen molar-refractivity contribution in [2.75, 3.05) is 13.7 Å². The largest absolute Gasteiger partial charge is 0.468 e.